The lowest BCUT2D eigenvalue weighted by molar-refractivity contribution is 0.589. The SMILES string of the molecule is Cc1ccc(S(=O)(=O)n2ccc3c(-c4cnc5nc(C)n(Cc6ccc(Cl)cc6)c5c4)cn(C)c(=O)c32)cc1. The van der Waals surface area contributed by atoms with Crippen LogP contribution in [0.5, 0.6) is 0 Å². The molecular formula is C29H24ClN5O3S. The van der Waals surface area contributed by atoms with Crippen LogP contribution in [0.1, 0.15) is 17.0 Å². The standard InChI is InChI=1S/C29H24ClN5O3S/c1-18-4-10-23(11-5-18)39(37,38)35-13-12-24-25(17-33(3)29(36)27(24)35)21-14-26-28(31-15-21)32-19(2)34(26)16-20-6-8-22(30)9-7-20/h4-15,17H,16H2,1-3H3. The van der Waals surface area contributed by atoms with Crippen molar-refractivity contribution in [3.05, 3.63) is 112 Å². The Morgan fingerprint density at radius 3 is 2.41 bits per heavy atom. The topological polar surface area (TPSA) is 91.8 Å². The summed E-state index contributed by atoms with van der Waals surface area (Å²) >= 11 is 6.06. The molecule has 0 N–H and O–H groups in total. The highest BCUT2D eigenvalue weighted by Gasteiger charge is 2.23. The number of pyridine rings is 2. The molecule has 0 aliphatic rings. The van der Waals surface area contributed by atoms with Crippen LogP contribution >= 0.6 is 11.6 Å². The first-order valence-corrected chi connectivity index (χ1v) is 14.1. The minimum atomic E-state index is -3.99. The molecule has 0 aliphatic heterocycles. The largest absolute Gasteiger partial charge is 0.322 e. The van der Waals surface area contributed by atoms with E-state index in [9.17, 15) is 13.2 Å². The Balaban J connectivity index is 1.52. The number of rotatable bonds is 5. The summed E-state index contributed by atoms with van der Waals surface area (Å²) in [5.74, 6) is 0.811. The second kappa shape index (κ2) is 9.21. The van der Waals surface area contributed by atoms with Crippen LogP contribution in [0.2, 0.25) is 5.02 Å². The minimum absolute atomic E-state index is 0.0847. The Labute approximate surface area is 229 Å². The first kappa shape index (κ1) is 25.1. The molecule has 0 radical (unpaired) electrons. The third kappa shape index (κ3) is 4.24. The summed E-state index contributed by atoms with van der Waals surface area (Å²) < 4.78 is 31.6. The van der Waals surface area contributed by atoms with Crippen LogP contribution in [0.3, 0.4) is 0 Å². The van der Waals surface area contributed by atoms with E-state index in [-0.39, 0.29) is 10.4 Å². The van der Waals surface area contributed by atoms with Crippen molar-refractivity contribution in [3.8, 4) is 11.1 Å². The smallest absolute Gasteiger partial charge is 0.275 e. The van der Waals surface area contributed by atoms with E-state index in [2.05, 4.69) is 14.5 Å². The van der Waals surface area contributed by atoms with Crippen molar-refractivity contribution in [2.24, 2.45) is 7.05 Å². The molecule has 39 heavy (non-hydrogen) atoms. The molecule has 0 bridgehead atoms. The molecule has 196 valence electrons. The number of fused-ring (bicyclic) bond motifs is 2. The Bertz CT molecular complexity index is 2060. The van der Waals surface area contributed by atoms with Crippen LogP contribution < -0.4 is 5.56 Å². The fraction of sp³-hybridized carbons (Fsp3) is 0.138. The van der Waals surface area contributed by atoms with Gasteiger partial charge in [-0.2, -0.15) is 0 Å². The number of hydrogen-bond acceptors (Lipinski definition) is 5. The molecule has 4 heterocycles. The highest BCUT2D eigenvalue weighted by molar-refractivity contribution is 7.90. The van der Waals surface area contributed by atoms with Crippen molar-refractivity contribution in [1.29, 1.82) is 0 Å². The van der Waals surface area contributed by atoms with Crippen molar-refractivity contribution in [1.82, 2.24) is 23.1 Å². The summed E-state index contributed by atoms with van der Waals surface area (Å²) in [5, 5.41) is 1.19. The molecule has 10 heteroatoms. The second-order valence-electron chi connectivity index (χ2n) is 9.59. The van der Waals surface area contributed by atoms with E-state index >= 15 is 0 Å². The molecule has 0 spiro atoms. The Kier molecular flexibility index (Phi) is 5.93. The first-order valence-electron chi connectivity index (χ1n) is 12.2. The van der Waals surface area contributed by atoms with E-state index in [1.54, 1.807) is 49.8 Å². The van der Waals surface area contributed by atoms with Crippen LogP contribution in [0.15, 0.2) is 88.9 Å². The van der Waals surface area contributed by atoms with Gasteiger partial charge in [-0.25, -0.2) is 22.4 Å². The average molecular weight is 558 g/mol. The van der Waals surface area contributed by atoms with Gasteiger partial charge in [-0.3, -0.25) is 4.79 Å². The molecule has 2 aromatic carbocycles. The maximum atomic E-state index is 13.5. The Morgan fingerprint density at radius 1 is 0.974 bits per heavy atom. The molecule has 8 nitrogen and oxygen atoms in total. The van der Waals surface area contributed by atoms with Crippen LogP contribution in [-0.4, -0.2) is 31.5 Å². The van der Waals surface area contributed by atoms with Gasteiger partial charge in [0.05, 0.1) is 10.4 Å². The predicted molar refractivity (Wildman–Crippen MR) is 153 cm³/mol. The van der Waals surface area contributed by atoms with Gasteiger partial charge in [-0.15, -0.1) is 0 Å². The van der Waals surface area contributed by atoms with E-state index in [0.29, 0.717) is 28.2 Å². The highest BCUT2D eigenvalue weighted by atomic mass is 35.5. The molecule has 4 aromatic heterocycles. The maximum Gasteiger partial charge on any atom is 0.275 e. The van der Waals surface area contributed by atoms with E-state index in [0.717, 1.165) is 32.0 Å². The molecular weight excluding hydrogens is 534 g/mol. The number of halogens is 1. The fourth-order valence-corrected chi connectivity index (χ4v) is 6.29. The number of hydrogen-bond donors (Lipinski definition) is 0. The average Bonchev–Trinajstić information content (AvgIpc) is 3.50. The van der Waals surface area contributed by atoms with E-state index in [1.807, 2.05) is 44.2 Å². The van der Waals surface area contributed by atoms with E-state index in [1.165, 1.54) is 10.8 Å². The summed E-state index contributed by atoms with van der Waals surface area (Å²) in [6.45, 7) is 4.40. The molecule has 0 amide bonds. The zero-order valence-electron chi connectivity index (χ0n) is 21.5. The zero-order valence-corrected chi connectivity index (χ0v) is 23.0. The van der Waals surface area contributed by atoms with Crippen LogP contribution in [0.25, 0.3) is 33.2 Å². The number of aryl methyl sites for hydroxylation is 3. The van der Waals surface area contributed by atoms with Crippen molar-refractivity contribution in [2.75, 3.05) is 0 Å². The van der Waals surface area contributed by atoms with E-state index < -0.39 is 15.6 Å². The van der Waals surface area contributed by atoms with Gasteiger partial charge in [-0.1, -0.05) is 41.4 Å². The normalized spacial score (nSPS) is 12.0. The Morgan fingerprint density at radius 2 is 1.69 bits per heavy atom. The number of aromatic nitrogens is 5. The van der Waals surface area contributed by atoms with Gasteiger partial charge in [0.15, 0.2) is 5.65 Å². The number of benzene rings is 2. The van der Waals surface area contributed by atoms with Gasteiger partial charge in [-0.05, 0) is 55.8 Å². The third-order valence-electron chi connectivity index (χ3n) is 6.93. The van der Waals surface area contributed by atoms with Crippen LogP contribution in [0, 0.1) is 13.8 Å². The van der Waals surface area contributed by atoms with Crippen molar-refractivity contribution in [3.63, 3.8) is 0 Å². The molecule has 6 rings (SSSR count). The van der Waals surface area contributed by atoms with Gasteiger partial charge in [0.2, 0.25) is 0 Å². The van der Waals surface area contributed by atoms with Crippen molar-refractivity contribution < 1.29 is 8.42 Å². The summed E-state index contributed by atoms with van der Waals surface area (Å²) in [6, 6.07) is 17.9. The van der Waals surface area contributed by atoms with Crippen LogP contribution in [0.4, 0.5) is 0 Å². The van der Waals surface area contributed by atoms with E-state index in [4.69, 9.17) is 11.6 Å². The summed E-state index contributed by atoms with van der Waals surface area (Å²) in [7, 11) is -2.38. The lowest BCUT2D eigenvalue weighted by atomic mass is 10.1. The third-order valence-corrected chi connectivity index (χ3v) is 8.87. The lowest BCUT2D eigenvalue weighted by Crippen LogP contribution is -2.22. The second-order valence-corrected chi connectivity index (χ2v) is 11.8. The van der Waals surface area contributed by atoms with Crippen LogP contribution in [-0.2, 0) is 23.6 Å². The molecule has 0 atom stereocenters. The van der Waals surface area contributed by atoms with Gasteiger partial charge in [0.25, 0.3) is 15.6 Å². The summed E-state index contributed by atoms with van der Waals surface area (Å²) in [5.41, 5.74) is 4.54. The summed E-state index contributed by atoms with van der Waals surface area (Å²) in [6.07, 6.45) is 4.85. The van der Waals surface area contributed by atoms with Gasteiger partial charge in [0, 0.05) is 53.7 Å². The quantitative estimate of drug-likeness (QED) is 0.286. The molecule has 0 saturated heterocycles. The minimum Gasteiger partial charge on any atom is -0.322 e. The van der Waals surface area contributed by atoms with Gasteiger partial charge in [0.1, 0.15) is 11.3 Å². The zero-order chi connectivity index (χ0) is 27.5. The molecule has 0 aliphatic carbocycles. The molecule has 0 saturated carbocycles. The monoisotopic (exact) mass is 557 g/mol. The first-order chi connectivity index (χ1) is 18.6. The summed E-state index contributed by atoms with van der Waals surface area (Å²) in [4.78, 5) is 22.6. The maximum absolute atomic E-state index is 13.5. The lowest BCUT2D eigenvalue weighted by Gasteiger charge is -2.11. The highest BCUT2D eigenvalue weighted by Crippen LogP contribution is 2.31. The molecule has 0 fully saturated rings. The van der Waals surface area contributed by atoms with Crippen molar-refractivity contribution >= 4 is 43.7 Å². The van der Waals surface area contributed by atoms with Crippen molar-refractivity contribution in [2.45, 2.75) is 25.3 Å². The molecule has 6 aromatic rings. The number of imidazole rings is 1. The Hall–Kier alpha value is -4.21. The number of nitrogens with zero attached hydrogens (tertiary/aromatic N) is 5. The fourth-order valence-electron chi connectivity index (χ4n) is 4.82. The van der Waals surface area contributed by atoms with Gasteiger partial charge >= 0.3 is 0 Å². The predicted octanol–water partition coefficient (Wildman–Crippen LogP) is 5.31. The van der Waals surface area contributed by atoms with Gasteiger partial charge < -0.3 is 9.13 Å². The molecule has 0 unspecified atom stereocenters.